The molecule has 15 heavy (non-hydrogen) atoms. The van der Waals surface area contributed by atoms with Crippen molar-refractivity contribution in [1.82, 2.24) is 14.3 Å². The summed E-state index contributed by atoms with van der Waals surface area (Å²) in [4.78, 5) is 10.9. The first kappa shape index (κ1) is 9.97. The van der Waals surface area contributed by atoms with Crippen LogP contribution in [0.4, 0.5) is 0 Å². The van der Waals surface area contributed by atoms with Crippen molar-refractivity contribution in [2.75, 3.05) is 0 Å². The second-order valence-corrected chi connectivity index (χ2v) is 4.01. The molecule has 0 amide bonds. The summed E-state index contributed by atoms with van der Waals surface area (Å²) in [5.74, 6) is -0.968. The van der Waals surface area contributed by atoms with Gasteiger partial charge in [-0.1, -0.05) is 0 Å². The van der Waals surface area contributed by atoms with Gasteiger partial charge in [0.05, 0.1) is 11.9 Å². The lowest BCUT2D eigenvalue weighted by atomic mass is 10.4. The smallest absolute Gasteiger partial charge is 0.352 e. The van der Waals surface area contributed by atoms with Gasteiger partial charge in [0.1, 0.15) is 5.69 Å². The Hall–Kier alpha value is -1.56. The van der Waals surface area contributed by atoms with Crippen LogP contribution in [0.3, 0.4) is 0 Å². The maximum atomic E-state index is 10.9. The van der Waals surface area contributed by atoms with E-state index >= 15 is 0 Å². The van der Waals surface area contributed by atoms with E-state index in [0.29, 0.717) is 0 Å². The average molecular weight is 270 g/mol. The summed E-state index contributed by atoms with van der Waals surface area (Å²) in [5, 5.41) is 13.0. The van der Waals surface area contributed by atoms with Crippen LogP contribution >= 0.6 is 15.9 Å². The van der Waals surface area contributed by atoms with Gasteiger partial charge in [-0.25, -0.2) is 4.79 Å². The Morgan fingerprint density at radius 2 is 2.27 bits per heavy atom. The molecular weight excluding hydrogens is 262 g/mol. The van der Waals surface area contributed by atoms with E-state index in [-0.39, 0.29) is 5.69 Å². The highest BCUT2D eigenvalue weighted by molar-refractivity contribution is 9.10. The van der Waals surface area contributed by atoms with Crippen LogP contribution < -0.4 is 0 Å². The number of carboxylic acids is 1. The highest BCUT2D eigenvalue weighted by Crippen LogP contribution is 2.19. The van der Waals surface area contributed by atoms with Crippen LogP contribution in [0.1, 0.15) is 10.5 Å². The Bertz CT molecular complexity index is 515. The summed E-state index contributed by atoms with van der Waals surface area (Å²) in [6.07, 6.45) is 5.05. The summed E-state index contributed by atoms with van der Waals surface area (Å²) in [6, 6.07) is 1.55. The molecule has 0 unspecified atom stereocenters. The first-order valence-corrected chi connectivity index (χ1v) is 4.97. The minimum Gasteiger partial charge on any atom is -0.477 e. The van der Waals surface area contributed by atoms with Crippen molar-refractivity contribution in [2.24, 2.45) is 7.05 Å². The molecule has 2 aromatic heterocycles. The van der Waals surface area contributed by atoms with Crippen molar-refractivity contribution in [3.05, 3.63) is 34.8 Å². The fourth-order valence-corrected chi connectivity index (χ4v) is 1.76. The standard InChI is InChI=1S/C9H8BrN3O2/c1-12-5-7(3-11-12)13-4-6(10)2-8(13)9(14)15/h2-5H,1H3,(H,14,15). The van der Waals surface area contributed by atoms with Gasteiger partial charge in [-0.2, -0.15) is 5.10 Å². The first-order valence-electron chi connectivity index (χ1n) is 4.18. The van der Waals surface area contributed by atoms with Gasteiger partial charge in [-0.15, -0.1) is 0 Å². The number of rotatable bonds is 2. The number of carbonyl (C=O) groups is 1. The van der Waals surface area contributed by atoms with Crippen molar-refractivity contribution >= 4 is 21.9 Å². The average Bonchev–Trinajstić information content (AvgIpc) is 2.71. The van der Waals surface area contributed by atoms with Gasteiger partial charge in [0, 0.05) is 23.9 Å². The molecule has 0 saturated carbocycles. The molecule has 0 bridgehead atoms. The van der Waals surface area contributed by atoms with Crippen LogP contribution in [0, 0.1) is 0 Å². The van der Waals surface area contributed by atoms with Crippen LogP contribution in [-0.4, -0.2) is 25.4 Å². The van der Waals surface area contributed by atoms with E-state index in [1.54, 1.807) is 41.0 Å². The third kappa shape index (κ3) is 1.80. The van der Waals surface area contributed by atoms with Crippen LogP contribution in [-0.2, 0) is 7.05 Å². The van der Waals surface area contributed by atoms with Gasteiger partial charge in [-0.05, 0) is 22.0 Å². The summed E-state index contributed by atoms with van der Waals surface area (Å²) < 4.78 is 3.91. The van der Waals surface area contributed by atoms with E-state index < -0.39 is 5.97 Å². The number of hydrogen-bond donors (Lipinski definition) is 1. The maximum Gasteiger partial charge on any atom is 0.352 e. The Balaban J connectivity index is 2.56. The highest BCUT2D eigenvalue weighted by Gasteiger charge is 2.13. The minimum absolute atomic E-state index is 0.204. The number of hydrogen-bond acceptors (Lipinski definition) is 2. The molecule has 78 valence electrons. The molecule has 2 rings (SSSR count). The van der Waals surface area contributed by atoms with Crippen molar-refractivity contribution in [3.63, 3.8) is 0 Å². The van der Waals surface area contributed by atoms with Gasteiger partial charge in [-0.3, -0.25) is 4.68 Å². The van der Waals surface area contributed by atoms with Gasteiger partial charge in [0.25, 0.3) is 0 Å². The number of carboxylic acid groups (broad SMARTS) is 1. The van der Waals surface area contributed by atoms with E-state index in [4.69, 9.17) is 5.11 Å². The Labute approximate surface area is 94.1 Å². The summed E-state index contributed by atoms with van der Waals surface area (Å²) in [7, 11) is 1.78. The normalized spacial score (nSPS) is 10.5. The lowest BCUT2D eigenvalue weighted by Gasteiger charge is -2.00. The maximum absolute atomic E-state index is 10.9. The van der Waals surface area contributed by atoms with Gasteiger partial charge < -0.3 is 9.67 Å². The lowest BCUT2D eigenvalue weighted by Crippen LogP contribution is -2.04. The van der Waals surface area contributed by atoms with Crippen LogP contribution in [0.2, 0.25) is 0 Å². The van der Waals surface area contributed by atoms with E-state index in [1.807, 2.05) is 0 Å². The van der Waals surface area contributed by atoms with Crippen LogP contribution in [0.5, 0.6) is 0 Å². The molecule has 0 atom stereocenters. The molecule has 0 aliphatic heterocycles. The zero-order chi connectivity index (χ0) is 11.0. The third-order valence-electron chi connectivity index (χ3n) is 1.98. The predicted molar refractivity (Wildman–Crippen MR) is 57.2 cm³/mol. The molecule has 6 heteroatoms. The molecule has 0 aromatic carbocycles. The molecular formula is C9H8BrN3O2. The molecule has 0 aliphatic carbocycles. The van der Waals surface area contributed by atoms with Gasteiger partial charge in [0.15, 0.2) is 0 Å². The van der Waals surface area contributed by atoms with E-state index in [0.717, 1.165) is 10.2 Å². The molecule has 0 saturated heterocycles. The van der Waals surface area contributed by atoms with E-state index in [1.165, 1.54) is 0 Å². The number of aromatic carboxylic acids is 1. The van der Waals surface area contributed by atoms with E-state index in [9.17, 15) is 4.79 Å². The van der Waals surface area contributed by atoms with Gasteiger partial charge in [0.2, 0.25) is 0 Å². The summed E-state index contributed by atoms with van der Waals surface area (Å²) in [6.45, 7) is 0. The van der Waals surface area contributed by atoms with Crippen molar-refractivity contribution in [3.8, 4) is 5.69 Å². The monoisotopic (exact) mass is 269 g/mol. The Morgan fingerprint density at radius 3 is 2.80 bits per heavy atom. The number of aryl methyl sites for hydroxylation is 1. The molecule has 2 heterocycles. The molecule has 5 nitrogen and oxygen atoms in total. The second kappa shape index (κ2) is 3.54. The Morgan fingerprint density at radius 1 is 1.53 bits per heavy atom. The van der Waals surface area contributed by atoms with Gasteiger partial charge >= 0.3 is 5.97 Å². The van der Waals surface area contributed by atoms with Crippen LogP contribution in [0.25, 0.3) is 5.69 Å². The fraction of sp³-hybridized carbons (Fsp3) is 0.111. The van der Waals surface area contributed by atoms with E-state index in [2.05, 4.69) is 21.0 Å². The molecule has 0 radical (unpaired) electrons. The third-order valence-corrected chi connectivity index (χ3v) is 2.41. The molecule has 1 N–H and O–H groups in total. The largest absolute Gasteiger partial charge is 0.477 e. The van der Waals surface area contributed by atoms with Crippen LogP contribution in [0.15, 0.2) is 29.1 Å². The predicted octanol–water partition coefficient (Wildman–Crippen LogP) is 1.67. The SMILES string of the molecule is Cn1cc(-n2cc(Br)cc2C(=O)O)cn1. The summed E-state index contributed by atoms with van der Waals surface area (Å²) >= 11 is 3.24. The van der Waals surface area contributed by atoms with Crippen molar-refractivity contribution in [2.45, 2.75) is 0 Å². The zero-order valence-corrected chi connectivity index (χ0v) is 9.47. The molecule has 0 aliphatic rings. The lowest BCUT2D eigenvalue weighted by molar-refractivity contribution is 0.0688. The number of nitrogens with zero attached hydrogens (tertiary/aromatic N) is 3. The highest BCUT2D eigenvalue weighted by atomic mass is 79.9. The number of aromatic nitrogens is 3. The molecule has 2 aromatic rings. The first-order chi connectivity index (χ1) is 7.08. The topological polar surface area (TPSA) is 60.0 Å². The second-order valence-electron chi connectivity index (χ2n) is 3.09. The zero-order valence-electron chi connectivity index (χ0n) is 7.88. The minimum atomic E-state index is -0.968. The van der Waals surface area contributed by atoms with Crippen molar-refractivity contribution < 1.29 is 9.90 Å². The summed E-state index contributed by atoms with van der Waals surface area (Å²) in [5.41, 5.74) is 0.926. The van der Waals surface area contributed by atoms with Crippen molar-refractivity contribution in [1.29, 1.82) is 0 Å². The molecule has 0 fully saturated rings. The fourth-order valence-electron chi connectivity index (χ4n) is 1.34. The number of halogens is 1. The quantitative estimate of drug-likeness (QED) is 0.903. The Kier molecular flexibility index (Phi) is 2.36. The molecule has 0 spiro atoms.